The third kappa shape index (κ3) is 4.85. The molecule has 0 atom stereocenters. The highest BCUT2D eigenvalue weighted by atomic mass is 19.1. The molecule has 0 unspecified atom stereocenters. The minimum atomic E-state index is -0.977. The molecule has 0 aliphatic heterocycles. The summed E-state index contributed by atoms with van der Waals surface area (Å²) in [4.78, 5) is 36.3. The van der Waals surface area contributed by atoms with Crippen LogP contribution in [0.3, 0.4) is 0 Å². The summed E-state index contributed by atoms with van der Waals surface area (Å²) in [6.45, 7) is -0.622. The van der Waals surface area contributed by atoms with Gasteiger partial charge in [-0.1, -0.05) is 12.1 Å². The third-order valence-corrected chi connectivity index (χ3v) is 4.09. The SMILES string of the molecule is COc1ccc(C(=O)OCC(=O)Nc2ccccc2C(=O)NC2CC2)c(F)c1. The Bertz CT molecular complexity index is 911. The largest absolute Gasteiger partial charge is 0.497 e. The van der Waals surface area contributed by atoms with Crippen LogP contribution in [0.25, 0.3) is 0 Å². The number of carbonyl (C=O) groups excluding carboxylic acids is 3. The van der Waals surface area contributed by atoms with Crippen molar-refractivity contribution in [1.82, 2.24) is 5.32 Å². The lowest BCUT2D eigenvalue weighted by Gasteiger charge is -2.11. The van der Waals surface area contributed by atoms with Crippen LogP contribution in [0.5, 0.6) is 5.75 Å². The zero-order valence-electron chi connectivity index (χ0n) is 15.2. The van der Waals surface area contributed by atoms with Crippen molar-refractivity contribution in [1.29, 1.82) is 0 Å². The molecule has 2 aromatic rings. The second kappa shape index (κ2) is 8.51. The van der Waals surface area contributed by atoms with Gasteiger partial charge in [0.2, 0.25) is 0 Å². The summed E-state index contributed by atoms with van der Waals surface area (Å²) in [5.74, 6) is -2.46. The van der Waals surface area contributed by atoms with E-state index in [1.165, 1.54) is 19.2 Å². The Kier molecular flexibility index (Phi) is 5.88. The van der Waals surface area contributed by atoms with Crippen molar-refractivity contribution in [3.05, 3.63) is 59.4 Å². The first kappa shape index (κ1) is 19.3. The van der Waals surface area contributed by atoms with Crippen molar-refractivity contribution < 1.29 is 28.2 Å². The Balaban J connectivity index is 1.59. The van der Waals surface area contributed by atoms with Gasteiger partial charge in [-0.2, -0.15) is 0 Å². The van der Waals surface area contributed by atoms with E-state index in [-0.39, 0.29) is 23.3 Å². The maximum atomic E-state index is 13.9. The highest BCUT2D eigenvalue weighted by Crippen LogP contribution is 2.22. The molecule has 0 bridgehead atoms. The highest BCUT2D eigenvalue weighted by Gasteiger charge is 2.25. The second-order valence-corrected chi connectivity index (χ2v) is 6.26. The van der Waals surface area contributed by atoms with Crippen LogP contribution in [0.15, 0.2) is 42.5 Å². The van der Waals surface area contributed by atoms with E-state index in [4.69, 9.17) is 9.47 Å². The summed E-state index contributed by atoms with van der Waals surface area (Å²) >= 11 is 0. The average molecular weight is 386 g/mol. The summed E-state index contributed by atoms with van der Waals surface area (Å²) < 4.78 is 23.6. The van der Waals surface area contributed by atoms with Crippen LogP contribution in [0.4, 0.5) is 10.1 Å². The molecule has 146 valence electrons. The van der Waals surface area contributed by atoms with Crippen molar-refractivity contribution in [2.24, 2.45) is 0 Å². The van der Waals surface area contributed by atoms with Gasteiger partial charge in [-0.3, -0.25) is 9.59 Å². The van der Waals surface area contributed by atoms with Crippen LogP contribution in [-0.2, 0) is 9.53 Å². The number of rotatable bonds is 7. The first-order valence-electron chi connectivity index (χ1n) is 8.68. The van der Waals surface area contributed by atoms with Crippen molar-refractivity contribution >= 4 is 23.5 Å². The second-order valence-electron chi connectivity index (χ2n) is 6.26. The standard InChI is InChI=1S/C20H19FN2O5/c1-27-13-8-9-14(16(21)10-13)20(26)28-11-18(24)23-17-5-3-2-4-15(17)19(25)22-12-6-7-12/h2-5,8-10,12H,6-7,11H2,1H3,(H,22,25)(H,23,24). The number of hydrogen-bond donors (Lipinski definition) is 2. The Labute approximate surface area is 160 Å². The van der Waals surface area contributed by atoms with Gasteiger partial charge in [-0.05, 0) is 37.1 Å². The van der Waals surface area contributed by atoms with E-state index >= 15 is 0 Å². The molecule has 0 heterocycles. The number of methoxy groups -OCH3 is 1. The summed E-state index contributed by atoms with van der Waals surface area (Å²) in [6, 6.07) is 10.4. The van der Waals surface area contributed by atoms with Crippen molar-refractivity contribution in [3.8, 4) is 5.75 Å². The van der Waals surface area contributed by atoms with Gasteiger partial charge < -0.3 is 20.1 Å². The number of anilines is 1. The molecule has 2 aromatic carbocycles. The van der Waals surface area contributed by atoms with Crippen molar-refractivity contribution in [2.75, 3.05) is 19.0 Å². The van der Waals surface area contributed by atoms with Gasteiger partial charge >= 0.3 is 5.97 Å². The van der Waals surface area contributed by atoms with E-state index < -0.39 is 24.3 Å². The number of benzene rings is 2. The number of halogens is 1. The van der Waals surface area contributed by atoms with Gasteiger partial charge in [0.1, 0.15) is 11.6 Å². The molecule has 0 aromatic heterocycles. The van der Waals surface area contributed by atoms with E-state index in [9.17, 15) is 18.8 Å². The Morgan fingerprint density at radius 3 is 2.54 bits per heavy atom. The van der Waals surface area contributed by atoms with Gasteiger partial charge in [0.25, 0.3) is 11.8 Å². The van der Waals surface area contributed by atoms with Crippen LogP contribution in [0.1, 0.15) is 33.6 Å². The van der Waals surface area contributed by atoms with E-state index in [0.29, 0.717) is 11.3 Å². The average Bonchev–Trinajstić information content (AvgIpc) is 3.50. The minimum absolute atomic E-state index is 0.177. The van der Waals surface area contributed by atoms with Crippen LogP contribution < -0.4 is 15.4 Å². The van der Waals surface area contributed by atoms with Gasteiger partial charge in [-0.15, -0.1) is 0 Å². The summed E-state index contributed by atoms with van der Waals surface area (Å²) in [7, 11) is 1.37. The maximum Gasteiger partial charge on any atom is 0.341 e. The van der Waals surface area contributed by atoms with Gasteiger partial charge in [0.15, 0.2) is 6.61 Å². The summed E-state index contributed by atoms with van der Waals surface area (Å²) in [5.41, 5.74) is 0.311. The van der Waals surface area contributed by atoms with Gasteiger partial charge in [-0.25, -0.2) is 9.18 Å². The number of carbonyl (C=O) groups is 3. The fourth-order valence-electron chi connectivity index (χ4n) is 2.46. The molecule has 7 nitrogen and oxygen atoms in total. The Morgan fingerprint density at radius 1 is 1.11 bits per heavy atom. The fraction of sp³-hybridized carbons (Fsp3) is 0.250. The molecular formula is C20H19FN2O5. The molecule has 2 amide bonds. The Hall–Kier alpha value is -3.42. The third-order valence-electron chi connectivity index (χ3n) is 4.09. The molecular weight excluding hydrogens is 367 g/mol. The predicted octanol–water partition coefficient (Wildman–Crippen LogP) is 2.52. The first-order valence-corrected chi connectivity index (χ1v) is 8.68. The van der Waals surface area contributed by atoms with Crippen molar-refractivity contribution in [3.63, 3.8) is 0 Å². The topological polar surface area (TPSA) is 93.7 Å². The molecule has 1 aliphatic rings. The lowest BCUT2D eigenvalue weighted by atomic mass is 10.1. The molecule has 3 rings (SSSR count). The number of nitrogens with one attached hydrogen (secondary N) is 2. The number of hydrogen-bond acceptors (Lipinski definition) is 5. The van der Waals surface area contributed by atoms with Crippen LogP contribution in [0, 0.1) is 5.82 Å². The summed E-state index contributed by atoms with van der Waals surface area (Å²) in [6.07, 6.45) is 1.89. The lowest BCUT2D eigenvalue weighted by Crippen LogP contribution is -2.28. The summed E-state index contributed by atoms with van der Waals surface area (Å²) in [5, 5.41) is 5.38. The highest BCUT2D eigenvalue weighted by molar-refractivity contribution is 6.04. The molecule has 0 radical (unpaired) electrons. The molecule has 1 saturated carbocycles. The number of ether oxygens (including phenoxy) is 2. The molecule has 0 saturated heterocycles. The fourth-order valence-corrected chi connectivity index (χ4v) is 2.46. The Morgan fingerprint density at radius 2 is 1.86 bits per heavy atom. The van der Waals surface area contributed by atoms with Gasteiger partial charge in [0.05, 0.1) is 23.9 Å². The maximum absolute atomic E-state index is 13.9. The molecule has 8 heteroatoms. The number of amides is 2. The normalized spacial score (nSPS) is 12.8. The molecule has 28 heavy (non-hydrogen) atoms. The van der Waals surface area contributed by atoms with Crippen LogP contribution in [-0.4, -0.2) is 37.5 Å². The van der Waals surface area contributed by atoms with E-state index in [2.05, 4.69) is 10.6 Å². The molecule has 1 fully saturated rings. The molecule has 2 N–H and O–H groups in total. The monoisotopic (exact) mass is 386 g/mol. The number of para-hydroxylation sites is 1. The zero-order chi connectivity index (χ0) is 20.1. The van der Waals surface area contributed by atoms with Crippen molar-refractivity contribution in [2.45, 2.75) is 18.9 Å². The van der Waals surface area contributed by atoms with E-state index in [0.717, 1.165) is 18.9 Å². The zero-order valence-corrected chi connectivity index (χ0v) is 15.2. The minimum Gasteiger partial charge on any atom is -0.497 e. The number of esters is 1. The lowest BCUT2D eigenvalue weighted by molar-refractivity contribution is -0.119. The van der Waals surface area contributed by atoms with E-state index in [1.807, 2.05) is 0 Å². The van der Waals surface area contributed by atoms with Crippen LogP contribution in [0.2, 0.25) is 0 Å². The smallest absolute Gasteiger partial charge is 0.341 e. The first-order chi connectivity index (χ1) is 13.5. The molecule has 1 aliphatic carbocycles. The van der Waals surface area contributed by atoms with E-state index in [1.54, 1.807) is 24.3 Å². The van der Waals surface area contributed by atoms with Gasteiger partial charge in [0, 0.05) is 12.1 Å². The molecule has 0 spiro atoms. The quantitative estimate of drug-likeness (QED) is 0.714. The predicted molar refractivity (Wildman–Crippen MR) is 98.8 cm³/mol. The van der Waals surface area contributed by atoms with Crippen LogP contribution >= 0.6 is 0 Å².